The Kier molecular flexibility index (Phi) is 7.60. The van der Waals surface area contributed by atoms with E-state index >= 15 is 0 Å². The Bertz CT molecular complexity index is 143. The molecule has 84 valence electrons. The summed E-state index contributed by atoms with van der Waals surface area (Å²) in [6, 6.07) is 0. The van der Waals surface area contributed by atoms with Crippen molar-refractivity contribution in [1.29, 1.82) is 0 Å². The van der Waals surface area contributed by atoms with Crippen LogP contribution >= 0.6 is 0 Å². The zero-order chi connectivity index (χ0) is 11.0. The number of Topliss-reactive ketones (excluding diaryl/α,β-unsaturated/α-hetero) is 1. The van der Waals surface area contributed by atoms with E-state index in [4.69, 9.17) is 10.2 Å². The molecule has 0 radical (unpaired) electrons. The number of ketones is 1. The molecule has 0 aromatic heterocycles. The molecule has 0 saturated heterocycles. The summed E-state index contributed by atoms with van der Waals surface area (Å²) in [4.78, 5) is 11.2. The molecular formula is C9H18O5. The molecule has 0 aromatic carbocycles. The maximum atomic E-state index is 11.2. The first-order valence-corrected chi connectivity index (χ1v) is 4.75. The van der Waals surface area contributed by atoms with E-state index in [1.54, 1.807) is 0 Å². The van der Waals surface area contributed by atoms with E-state index in [-0.39, 0.29) is 26.1 Å². The Morgan fingerprint density at radius 2 is 1.29 bits per heavy atom. The molecule has 14 heavy (non-hydrogen) atoms. The predicted octanol–water partition coefficient (Wildman–Crippen LogP) is -1.18. The first kappa shape index (κ1) is 13.5. The van der Waals surface area contributed by atoms with Crippen LogP contribution in [-0.2, 0) is 4.79 Å². The van der Waals surface area contributed by atoms with Gasteiger partial charge in [-0.25, -0.2) is 0 Å². The van der Waals surface area contributed by atoms with Gasteiger partial charge in [0, 0.05) is 13.2 Å². The lowest BCUT2D eigenvalue weighted by Gasteiger charge is -2.13. The van der Waals surface area contributed by atoms with Gasteiger partial charge in [0.1, 0.15) is 12.2 Å². The minimum Gasteiger partial charge on any atom is -0.396 e. The van der Waals surface area contributed by atoms with Gasteiger partial charge in [0.25, 0.3) is 0 Å². The average molecular weight is 206 g/mol. The number of carbonyl (C=O) groups excluding carboxylic acids is 1. The molecule has 0 heterocycles. The highest BCUT2D eigenvalue weighted by Crippen LogP contribution is 2.05. The van der Waals surface area contributed by atoms with Crippen molar-refractivity contribution >= 4 is 5.78 Å². The molecular weight excluding hydrogens is 188 g/mol. The van der Waals surface area contributed by atoms with Gasteiger partial charge in [-0.2, -0.15) is 0 Å². The van der Waals surface area contributed by atoms with Crippen molar-refractivity contribution in [2.24, 2.45) is 0 Å². The fourth-order valence-corrected chi connectivity index (χ4v) is 1.08. The molecule has 4 N–H and O–H groups in total. The molecule has 0 spiro atoms. The minimum absolute atomic E-state index is 0.0862. The largest absolute Gasteiger partial charge is 0.396 e. The molecule has 0 saturated carbocycles. The fourth-order valence-electron chi connectivity index (χ4n) is 1.08. The van der Waals surface area contributed by atoms with Gasteiger partial charge in [0.05, 0.1) is 0 Å². The summed E-state index contributed by atoms with van der Waals surface area (Å²) in [5, 5.41) is 35.4. The molecule has 0 bridgehead atoms. The molecule has 0 rings (SSSR count). The Labute approximate surface area is 83.0 Å². The average Bonchev–Trinajstić information content (AvgIpc) is 2.21. The summed E-state index contributed by atoms with van der Waals surface area (Å²) in [6.07, 6.45) is -1.44. The summed E-state index contributed by atoms with van der Waals surface area (Å²) >= 11 is 0. The summed E-state index contributed by atoms with van der Waals surface area (Å²) in [5.41, 5.74) is 0. The van der Waals surface area contributed by atoms with Gasteiger partial charge in [-0.3, -0.25) is 4.79 Å². The predicted molar refractivity (Wildman–Crippen MR) is 49.7 cm³/mol. The van der Waals surface area contributed by atoms with Crippen LogP contribution in [0.25, 0.3) is 0 Å². The van der Waals surface area contributed by atoms with Crippen LogP contribution in [0.15, 0.2) is 0 Å². The van der Waals surface area contributed by atoms with Crippen molar-refractivity contribution in [2.75, 3.05) is 13.2 Å². The molecule has 0 aliphatic heterocycles. The molecule has 5 nitrogen and oxygen atoms in total. The third kappa shape index (κ3) is 5.29. The quantitative estimate of drug-likeness (QED) is 0.401. The van der Waals surface area contributed by atoms with Crippen molar-refractivity contribution in [1.82, 2.24) is 0 Å². The van der Waals surface area contributed by atoms with Gasteiger partial charge in [-0.1, -0.05) is 0 Å². The van der Waals surface area contributed by atoms with Crippen LogP contribution < -0.4 is 0 Å². The standard InChI is InChI=1S/C9H18O5/c10-5-1-3-7(12)9(14)8(13)4-2-6-11/h7-8,10-13H,1-6H2. The van der Waals surface area contributed by atoms with Crippen molar-refractivity contribution < 1.29 is 25.2 Å². The topological polar surface area (TPSA) is 98.0 Å². The number of rotatable bonds is 8. The van der Waals surface area contributed by atoms with E-state index in [1.165, 1.54) is 0 Å². The van der Waals surface area contributed by atoms with E-state index in [2.05, 4.69) is 0 Å². The van der Waals surface area contributed by atoms with Crippen LogP contribution in [-0.4, -0.2) is 51.6 Å². The Balaban J connectivity index is 3.78. The minimum atomic E-state index is -1.21. The van der Waals surface area contributed by atoms with Crippen molar-refractivity contribution in [3.8, 4) is 0 Å². The third-order valence-electron chi connectivity index (χ3n) is 1.93. The van der Waals surface area contributed by atoms with Crippen LogP contribution in [0.4, 0.5) is 0 Å². The van der Waals surface area contributed by atoms with E-state index in [0.717, 1.165) is 0 Å². The molecule has 0 aliphatic rings. The summed E-state index contributed by atoms with van der Waals surface area (Å²) in [7, 11) is 0. The highest BCUT2D eigenvalue weighted by atomic mass is 16.3. The van der Waals surface area contributed by atoms with Gasteiger partial charge in [-0.05, 0) is 25.7 Å². The third-order valence-corrected chi connectivity index (χ3v) is 1.93. The lowest BCUT2D eigenvalue weighted by molar-refractivity contribution is -0.136. The number of aliphatic hydroxyl groups is 4. The van der Waals surface area contributed by atoms with Crippen molar-refractivity contribution in [3.05, 3.63) is 0 Å². The summed E-state index contributed by atoms with van der Waals surface area (Å²) in [5.74, 6) is -0.632. The lowest BCUT2D eigenvalue weighted by Crippen LogP contribution is -2.32. The maximum Gasteiger partial charge on any atom is 0.189 e. The summed E-state index contributed by atoms with van der Waals surface area (Å²) < 4.78 is 0. The van der Waals surface area contributed by atoms with Gasteiger partial charge in [0.15, 0.2) is 5.78 Å². The SMILES string of the molecule is O=C(C(O)CCCO)C(O)CCCO. The van der Waals surface area contributed by atoms with Gasteiger partial charge in [-0.15, -0.1) is 0 Å². The number of carbonyl (C=O) groups is 1. The van der Waals surface area contributed by atoms with Crippen LogP contribution in [0, 0.1) is 0 Å². The molecule has 2 atom stereocenters. The number of hydrogen-bond acceptors (Lipinski definition) is 5. The second-order valence-corrected chi connectivity index (χ2v) is 3.17. The molecule has 0 aliphatic carbocycles. The molecule has 0 fully saturated rings. The molecule has 5 heteroatoms. The fraction of sp³-hybridized carbons (Fsp3) is 0.889. The first-order chi connectivity index (χ1) is 6.63. The van der Waals surface area contributed by atoms with Gasteiger partial charge >= 0.3 is 0 Å². The molecule has 0 aromatic rings. The van der Waals surface area contributed by atoms with Crippen molar-refractivity contribution in [2.45, 2.75) is 37.9 Å². The Morgan fingerprint density at radius 3 is 1.57 bits per heavy atom. The zero-order valence-corrected chi connectivity index (χ0v) is 8.09. The second-order valence-electron chi connectivity index (χ2n) is 3.17. The smallest absolute Gasteiger partial charge is 0.189 e. The van der Waals surface area contributed by atoms with Crippen LogP contribution in [0.2, 0.25) is 0 Å². The highest BCUT2D eigenvalue weighted by Gasteiger charge is 2.22. The highest BCUT2D eigenvalue weighted by molar-refractivity contribution is 5.86. The van der Waals surface area contributed by atoms with Gasteiger partial charge < -0.3 is 20.4 Å². The lowest BCUT2D eigenvalue weighted by atomic mass is 10.0. The van der Waals surface area contributed by atoms with E-state index in [1.807, 2.05) is 0 Å². The molecule has 2 unspecified atom stereocenters. The first-order valence-electron chi connectivity index (χ1n) is 4.75. The molecule has 0 amide bonds. The number of hydrogen-bond donors (Lipinski definition) is 4. The van der Waals surface area contributed by atoms with Gasteiger partial charge in [0.2, 0.25) is 0 Å². The van der Waals surface area contributed by atoms with E-state index < -0.39 is 18.0 Å². The van der Waals surface area contributed by atoms with Crippen LogP contribution in [0.1, 0.15) is 25.7 Å². The van der Waals surface area contributed by atoms with Crippen LogP contribution in [0.3, 0.4) is 0 Å². The van der Waals surface area contributed by atoms with Crippen molar-refractivity contribution in [3.63, 3.8) is 0 Å². The Morgan fingerprint density at radius 1 is 0.929 bits per heavy atom. The maximum absolute atomic E-state index is 11.2. The Hall–Kier alpha value is -0.490. The van der Waals surface area contributed by atoms with Crippen LogP contribution in [0.5, 0.6) is 0 Å². The van der Waals surface area contributed by atoms with E-state index in [0.29, 0.717) is 12.8 Å². The number of aliphatic hydroxyl groups excluding tert-OH is 4. The second kappa shape index (κ2) is 7.87. The summed E-state index contributed by atoms with van der Waals surface area (Å²) in [6.45, 7) is -0.172. The normalized spacial score (nSPS) is 15.1. The van der Waals surface area contributed by atoms with E-state index in [9.17, 15) is 15.0 Å². The zero-order valence-electron chi connectivity index (χ0n) is 8.09. The monoisotopic (exact) mass is 206 g/mol.